The van der Waals surface area contributed by atoms with Gasteiger partial charge < -0.3 is 4.74 Å². The molecule has 0 spiro atoms. The Morgan fingerprint density at radius 3 is 2.48 bits per heavy atom. The summed E-state index contributed by atoms with van der Waals surface area (Å²) in [5.41, 5.74) is 1.92. The summed E-state index contributed by atoms with van der Waals surface area (Å²) in [6.45, 7) is 2.39. The van der Waals surface area contributed by atoms with Gasteiger partial charge in [-0.15, -0.1) is 0 Å². The Bertz CT molecular complexity index is 794. The molecule has 0 aliphatic rings. The highest BCUT2D eigenvalue weighted by Gasteiger charge is 2.10. The maximum Gasteiger partial charge on any atom is 0.411 e. The van der Waals surface area contributed by atoms with Gasteiger partial charge in [0, 0.05) is 11.3 Å². The molecule has 0 fully saturated rings. The molecule has 3 nitrogen and oxygen atoms in total. The third kappa shape index (κ3) is 3.69. The predicted molar refractivity (Wildman–Crippen MR) is 93.8 cm³/mol. The van der Waals surface area contributed by atoms with Crippen LogP contribution >= 0.6 is 0 Å². The van der Waals surface area contributed by atoms with Gasteiger partial charge in [0.25, 0.3) is 0 Å². The van der Waals surface area contributed by atoms with Crippen molar-refractivity contribution in [1.29, 1.82) is 0 Å². The maximum atomic E-state index is 12.1. The number of amides is 1. The van der Waals surface area contributed by atoms with Crippen molar-refractivity contribution < 1.29 is 9.53 Å². The van der Waals surface area contributed by atoms with Gasteiger partial charge in [-0.2, -0.15) is 0 Å². The van der Waals surface area contributed by atoms with Crippen LogP contribution in [0.4, 0.5) is 10.5 Å². The van der Waals surface area contributed by atoms with Gasteiger partial charge in [-0.05, 0) is 17.0 Å². The molecular weight excluding hydrogens is 286 g/mol. The summed E-state index contributed by atoms with van der Waals surface area (Å²) in [5.74, 6) is 0.162. The highest BCUT2D eigenvalue weighted by Crippen LogP contribution is 2.23. The Morgan fingerprint density at radius 2 is 1.65 bits per heavy atom. The molecule has 0 unspecified atom stereocenters. The molecule has 1 atom stereocenters. The van der Waals surface area contributed by atoms with E-state index in [0.29, 0.717) is 6.61 Å². The van der Waals surface area contributed by atoms with Crippen molar-refractivity contribution in [3.05, 3.63) is 78.4 Å². The minimum absolute atomic E-state index is 0.162. The van der Waals surface area contributed by atoms with Gasteiger partial charge in [0.1, 0.15) is 0 Å². The summed E-state index contributed by atoms with van der Waals surface area (Å²) >= 11 is 0. The standard InChI is InChI=1S/C20H19NO2/c1-15(16-8-3-2-4-9-16)14-23-20(22)21-19-13-7-11-17-10-5-6-12-18(17)19/h2-13,15H,14H2,1H3,(H,21,22)/t15-/m1/s1. The number of fused-ring (bicyclic) bond motifs is 1. The van der Waals surface area contributed by atoms with Crippen LogP contribution in [0, 0.1) is 0 Å². The van der Waals surface area contributed by atoms with Crippen LogP contribution in [0.5, 0.6) is 0 Å². The predicted octanol–water partition coefficient (Wildman–Crippen LogP) is 5.19. The molecule has 3 rings (SSSR count). The second-order valence-electron chi connectivity index (χ2n) is 5.56. The summed E-state index contributed by atoms with van der Waals surface area (Å²) in [5, 5.41) is 4.92. The zero-order valence-electron chi connectivity index (χ0n) is 13.0. The van der Waals surface area contributed by atoms with Crippen LogP contribution in [0.1, 0.15) is 18.4 Å². The number of hydrogen-bond acceptors (Lipinski definition) is 2. The molecule has 1 amide bonds. The Hall–Kier alpha value is -2.81. The van der Waals surface area contributed by atoms with Crippen LogP contribution < -0.4 is 5.32 Å². The van der Waals surface area contributed by atoms with Crippen molar-refractivity contribution in [1.82, 2.24) is 0 Å². The van der Waals surface area contributed by atoms with Gasteiger partial charge in [-0.1, -0.05) is 73.7 Å². The quantitative estimate of drug-likeness (QED) is 0.720. The van der Waals surface area contributed by atoms with Gasteiger partial charge >= 0.3 is 6.09 Å². The van der Waals surface area contributed by atoms with Gasteiger partial charge in [0.05, 0.1) is 12.3 Å². The normalized spacial score (nSPS) is 11.9. The van der Waals surface area contributed by atoms with E-state index in [1.165, 1.54) is 0 Å². The van der Waals surface area contributed by atoms with Gasteiger partial charge in [-0.25, -0.2) is 4.79 Å². The van der Waals surface area contributed by atoms with E-state index in [-0.39, 0.29) is 5.92 Å². The van der Waals surface area contributed by atoms with Gasteiger partial charge in [-0.3, -0.25) is 5.32 Å². The highest BCUT2D eigenvalue weighted by atomic mass is 16.5. The van der Waals surface area contributed by atoms with E-state index in [1.807, 2.05) is 79.7 Å². The van der Waals surface area contributed by atoms with Crippen molar-refractivity contribution in [2.45, 2.75) is 12.8 Å². The number of nitrogens with one attached hydrogen (secondary N) is 1. The van der Waals surface area contributed by atoms with E-state index < -0.39 is 6.09 Å². The fourth-order valence-corrected chi connectivity index (χ4v) is 2.56. The molecule has 0 saturated heterocycles. The first kappa shape index (κ1) is 15.1. The topological polar surface area (TPSA) is 38.3 Å². The number of anilines is 1. The van der Waals surface area contributed by atoms with Crippen LogP contribution in [0.15, 0.2) is 72.8 Å². The van der Waals surface area contributed by atoms with Crippen molar-refractivity contribution in [3.8, 4) is 0 Å². The van der Waals surface area contributed by atoms with Crippen LogP contribution in [-0.4, -0.2) is 12.7 Å². The van der Waals surface area contributed by atoms with Crippen molar-refractivity contribution in [3.63, 3.8) is 0 Å². The van der Waals surface area contributed by atoms with Crippen molar-refractivity contribution >= 4 is 22.6 Å². The largest absolute Gasteiger partial charge is 0.449 e. The first-order valence-electron chi connectivity index (χ1n) is 7.70. The summed E-state index contributed by atoms with van der Waals surface area (Å²) in [4.78, 5) is 12.1. The minimum atomic E-state index is -0.427. The second kappa shape index (κ2) is 6.97. The Morgan fingerprint density at radius 1 is 0.957 bits per heavy atom. The van der Waals surface area contributed by atoms with Crippen LogP contribution in [-0.2, 0) is 4.74 Å². The number of rotatable bonds is 4. The number of carbonyl (C=O) groups excluding carboxylic acids is 1. The molecule has 0 aromatic heterocycles. The van der Waals surface area contributed by atoms with E-state index in [2.05, 4.69) is 5.32 Å². The van der Waals surface area contributed by atoms with Gasteiger partial charge in [0.2, 0.25) is 0 Å². The molecule has 3 heteroatoms. The molecule has 116 valence electrons. The molecular formula is C20H19NO2. The summed E-state index contributed by atoms with van der Waals surface area (Å²) in [6.07, 6.45) is -0.427. The van der Waals surface area contributed by atoms with E-state index in [1.54, 1.807) is 0 Å². The van der Waals surface area contributed by atoms with Crippen LogP contribution in [0.3, 0.4) is 0 Å². The van der Waals surface area contributed by atoms with Crippen molar-refractivity contribution in [2.24, 2.45) is 0 Å². The molecule has 3 aromatic carbocycles. The molecule has 0 bridgehead atoms. The first-order chi connectivity index (χ1) is 11.2. The molecule has 0 saturated carbocycles. The molecule has 1 N–H and O–H groups in total. The fraction of sp³-hybridized carbons (Fsp3) is 0.150. The fourth-order valence-electron chi connectivity index (χ4n) is 2.56. The molecule has 23 heavy (non-hydrogen) atoms. The molecule has 0 heterocycles. The third-order valence-corrected chi connectivity index (χ3v) is 3.86. The highest BCUT2D eigenvalue weighted by molar-refractivity contribution is 6.00. The van der Waals surface area contributed by atoms with Gasteiger partial charge in [0.15, 0.2) is 0 Å². The van der Waals surface area contributed by atoms with E-state index in [9.17, 15) is 4.79 Å². The molecule has 0 radical (unpaired) electrons. The van der Waals surface area contributed by atoms with E-state index in [0.717, 1.165) is 22.0 Å². The average Bonchev–Trinajstić information content (AvgIpc) is 2.61. The molecule has 0 aliphatic carbocycles. The number of hydrogen-bond donors (Lipinski definition) is 1. The zero-order chi connectivity index (χ0) is 16.1. The number of carbonyl (C=O) groups is 1. The Labute approximate surface area is 135 Å². The Balaban J connectivity index is 1.63. The SMILES string of the molecule is C[C@H](COC(=O)Nc1cccc2ccccc12)c1ccccc1. The van der Waals surface area contributed by atoms with E-state index >= 15 is 0 Å². The second-order valence-corrected chi connectivity index (χ2v) is 5.56. The summed E-state index contributed by atoms with van der Waals surface area (Å²) in [6, 6.07) is 23.8. The number of benzene rings is 3. The number of ether oxygens (including phenoxy) is 1. The monoisotopic (exact) mass is 305 g/mol. The summed E-state index contributed by atoms with van der Waals surface area (Å²) in [7, 11) is 0. The molecule has 0 aliphatic heterocycles. The lowest BCUT2D eigenvalue weighted by atomic mass is 10.0. The van der Waals surface area contributed by atoms with Crippen LogP contribution in [0.25, 0.3) is 10.8 Å². The average molecular weight is 305 g/mol. The minimum Gasteiger partial charge on any atom is -0.449 e. The summed E-state index contributed by atoms with van der Waals surface area (Å²) < 4.78 is 5.36. The van der Waals surface area contributed by atoms with Crippen molar-refractivity contribution in [2.75, 3.05) is 11.9 Å². The smallest absolute Gasteiger partial charge is 0.411 e. The third-order valence-electron chi connectivity index (χ3n) is 3.86. The van der Waals surface area contributed by atoms with Crippen LogP contribution in [0.2, 0.25) is 0 Å². The van der Waals surface area contributed by atoms with E-state index in [4.69, 9.17) is 4.74 Å². The lowest BCUT2D eigenvalue weighted by Crippen LogP contribution is -2.17. The zero-order valence-corrected chi connectivity index (χ0v) is 13.0. The lowest BCUT2D eigenvalue weighted by molar-refractivity contribution is 0.155. The molecule has 3 aromatic rings. The lowest BCUT2D eigenvalue weighted by Gasteiger charge is -2.13. The maximum absolute atomic E-state index is 12.1. The Kier molecular flexibility index (Phi) is 4.57. The first-order valence-corrected chi connectivity index (χ1v) is 7.70.